The molecule has 0 atom stereocenters. The summed E-state index contributed by atoms with van der Waals surface area (Å²) in [5, 5.41) is 2.20. The van der Waals surface area contributed by atoms with Crippen molar-refractivity contribution in [2.75, 3.05) is 12.4 Å². The predicted octanol–water partition coefficient (Wildman–Crippen LogP) is 3.60. The topological polar surface area (TPSA) is 55.4 Å². The fourth-order valence-electron chi connectivity index (χ4n) is 2.08. The second-order valence-corrected chi connectivity index (χ2v) is 5.10. The van der Waals surface area contributed by atoms with Crippen molar-refractivity contribution in [1.29, 1.82) is 0 Å². The minimum atomic E-state index is -1.12. The van der Waals surface area contributed by atoms with Crippen LogP contribution >= 0.6 is 0 Å². The molecule has 0 fully saturated rings. The minimum absolute atomic E-state index is 0.0791. The van der Waals surface area contributed by atoms with E-state index >= 15 is 0 Å². The minimum Gasteiger partial charge on any atom is -0.465 e. The molecule has 2 aromatic carbocycles. The molecule has 0 radical (unpaired) electrons. The highest BCUT2D eigenvalue weighted by atomic mass is 19.2. The molecule has 0 aromatic heterocycles. The average Bonchev–Trinajstić information content (AvgIpc) is 2.57. The first-order valence-corrected chi connectivity index (χ1v) is 7.13. The Morgan fingerprint density at radius 3 is 2.32 bits per heavy atom. The van der Waals surface area contributed by atoms with Crippen molar-refractivity contribution in [2.24, 2.45) is 0 Å². The lowest BCUT2D eigenvalue weighted by molar-refractivity contribution is -0.116. The van der Waals surface area contributed by atoms with E-state index in [2.05, 4.69) is 10.1 Å². The Morgan fingerprint density at radius 2 is 1.68 bits per heavy atom. The second-order valence-electron chi connectivity index (χ2n) is 5.10. The van der Waals surface area contributed by atoms with Crippen molar-refractivity contribution < 1.29 is 31.9 Å². The number of carbonyl (C=O) groups is 2. The molecule has 0 aliphatic carbocycles. The first-order chi connectivity index (χ1) is 11.8. The molecular weight excluding hydrogens is 342 g/mol. The van der Waals surface area contributed by atoms with Crippen LogP contribution in [0.15, 0.2) is 30.3 Å². The van der Waals surface area contributed by atoms with Gasteiger partial charge in [0.05, 0.1) is 18.4 Å². The number of hydrogen-bond donors (Lipinski definition) is 1. The SMILES string of the molecule is COC(=O)c1cc(NC(=O)CCc2ccc(F)c(F)c2)c(F)cc1F. The number of esters is 1. The first-order valence-electron chi connectivity index (χ1n) is 7.13. The number of amides is 1. The van der Waals surface area contributed by atoms with E-state index in [1.165, 1.54) is 6.07 Å². The molecular formula is C17H13F4NO3. The van der Waals surface area contributed by atoms with Gasteiger partial charge in [-0.2, -0.15) is 0 Å². The van der Waals surface area contributed by atoms with Crippen LogP contribution in [0.3, 0.4) is 0 Å². The van der Waals surface area contributed by atoms with Crippen molar-refractivity contribution >= 4 is 17.6 Å². The number of halogens is 4. The van der Waals surface area contributed by atoms with Crippen molar-refractivity contribution in [3.63, 3.8) is 0 Å². The summed E-state index contributed by atoms with van der Waals surface area (Å²) in [7, 11) is 1.03. The normalized spacial score (nSPS) is 10.4. The molecule has 8 heteroatoms. The summed E-state index contributed by atoms with van der Waals surface area (Å²) in [6.07, 6.45) is -0.0782. The van der Waals surface area contributed by atoms with E-state index in [0.717, 1.165) is 25.3 Å². The molecule has 2 rings (SSSR count). The lowest BCUT2D eigenvalue weighted by Gasteiger charge is -2.09. The van der Waals surface area contributed by atoms with Crippen LogP contribution in [-0.2, 0) is 16.0 Å². The number of benzene rings is 2. The summed E-state index contributed by atoms with van der Waals surface area (Å²) in [4.78, 5) is 23.3. The zero-order chi connectivity index (χ0) is 18.6. The smallest absolute Gasteiger partial charge is 0.340 e. The average molecular weight is 355 g/mol. The maximum atomic E-state index is 13.7. The second kappa shape index (κ2) is 7.78. The van der Waals surface area contributed by atoms with E-state index < -0.39 is 46.4 Å². The molecule has 4 nitrogen and oxygen atoms in total. The third-order valence-corrected chi connectivity index (χ3v) is 3.36. The van der Waals surface area contributed by atoms with Gasteiger partial charge in [0.15, 0.2) is 11.6 Å². The third-order valence-electron chi connectivity index (χ3n) is 3.36. The Hall–Kier alpha value is -2.90. The van der Waals surface area contributed by atoms with Gasteiger partial charge in [0.2, 0.25) is 5.91 Å². The van der Waals surface area contributed by atoms with Crippen LogP contribution in [0.25, 0.3) is 0 Å². The lowest BCUT2D eigenvalue weighted by atomic mass is 10.1. The van der Waals surface area contributed by atoms with E-state index in [-0.39, 0.29) is 12.8 Å². The standard InChI is InChI=1S/C17H13F4NO3/c1-25-17(24)10-7-15(14(21)8-12(10)19)22-16(23)5-3-9-2-4-11(18)13(20)6-9/h2,4,6-8H,3,5H2,1H3,(H,22,23). The van der Waals surface area contributed by atoms with Gasteiger partial charge in [0.25, 0.3) is 0 Å². The van der Waals surface area contributed by atoms with Gasteiger partial charge >= 0.3 is 5.97 Å². The van der Waals surface area contributed by atoms with Crippen LogP contribution in [-0.4, -0.2) is 19.0 Å². The van der Waals surface area contributed by atoms with E-state index in [9.17, 15) is 27.2 Å². The number of rotatable bonds is 5. The highest BCUT2D eigenvalue weighted by Gasteiger charge is 2.18. The Balaban J connectivity index is 2.07. The molecule has 0 saturated heterocycles. The Morgan fingerprint density at radius 1 is 0.960 bits per heavy atom. The van der Waals surface area contributed by atoms with Gasteiger partial charge in [-0.1, -0.05) is 6.07 Å². The van der Waals surface area contributed by atoms with E-state index in [0.29, 0.717) is 11.6 Å². The van der Waals surface area contributed by atoms with Crippen LogP contribution in [0.1, 0.15) is 22.3 Å². The van der Waals surface area contributed by atoms with Crippen LogP contribution < -0.4 is 5.32 Å². The highest BCUT2D eigenvalue weighted by molar-refractivity contribution is 5.94. The Kier molecular flexibility index (Phi) is 5.74. The molecule has 0 aliphatic heterocycles. The maximum Gasteiger partial charge on any atom is 0.340 e. The van der Waals surface area contributed by atoms with Crippen molar-refractivity contribution in [3.05, 3.63) is 64.7 Å². The maximum absolute atomic E-state index is 13.7. The van der Waals surface area contributed by atoms with Gasteiger partial charge in [0, 0.05) is 12.5 Å². The fourth-order valence-corrected chi connectivity index (χ4v) is 2.08. The first kappa shape index (κ1) is 18.4. The number of carbonyl (C=O) groups excluding carboxylic acids is 2. The van der Waals surface area contributed by atoms with Gasteiger partial charge in [-0.15, -0.1) is 0 Å². The van der Waals surface area contributed by atoms with Crippen LogP contribution in [0.2, 0.25) is 0 Å². The summed E-state index contributed by atoms with van der Waals surface area (Å²) in [6, 6.07) is 4.49. The summed E-state index contributed by atoms with van der Waals surface area (Å²) >= 11 is 0. The lowest BCUT2D eigenvalue weighted by Crippen LogP contribution is -2.15. The number of nitrogens with one attached hydrogen (secondary N) is 1. The zero-order valence-corrected chi connectivity index (χ0v) is 13.0. The van der Waals surface area contributed by atoms with E-state index in [1.807, 2.05) is 0 Å². The molecule has 132 valence electrons. The molecule has 1 N–H and O–H groups in total. The number of hydrogen-bond acceptors (Lipinski definition) is 3. The van der Waals surface area contributed by atoms with Gasteiger partial charge in [-0.05, 0) is 30.2 Å². The largest absolute Gasteiger partial charge is 0.465 e. The molecule has 0 spiro atoms. The number of ether oxygens (including phenoxy) is 1. The fraction of sp³-hybridized carbons (Fsp3) is 0.176. The third kappa shape index (κ3) is 4.56. The zero-order valence-electron chi connectivity index (χ0n) is 13.0. The Bertz CT molecular complexity index is 824. The van der Waals surface area contributed by atoms with E-state index in [1.54, 1.807) is 0 Å². The predicted molar refractivity (Wildman–Crippen MR) is 81.0 cm³/mol. The van der Waals surface area contributed by atoms with E-state index in [4.69, 9.17) is 0 Å². The van der Waals surface area contributed by atoms with Crippen molar-refractivity contribution in [1.82, 2.24) is 0 Å². The summed E-state index contributed by atoms with van der Waals surface area (Å²) < 4.78 is 57.5. The van der Waals surface area contributed by atoms with Gasteiger partial charge in [0.1, 0.15) is 11.6 Å². The Labute approximate surface area is 140 Å². The number of aryl methyl sites for hydroxylation is 1. The number of methoxy groups -OCH3 is 1. The quantitative estimate of drug-likeness (QED) is 0.659. The summed E-state index contributed by atoms with van der Waals surface area (Å²) in [6.45, 7) is 0. The monoisotopic (exact) mass is 355 g/mol. The van der Waals surface area contributed by atoms with Crippen LogP contribution in [0.5, 0.6) is 0 Å². The summed E-state index contributed by atoms with van der Waals surface area (Å²) in [5.74, 6) is -5.89. The summed E-state index contributed by atoms with van der Waals surface area (Å²) in [5.41, 5.74) is -0.541. The van der Waals surface area contributed by atoms with Gasteiger partial charge in [-0.3, -0.25) is 4.79 Å². The van der Waals surface area contributed by atoms with Gasteiger partial charge < -0.3 is 10.1 Å². The molecule has 25 heavy (non-hydrogen) atoms. The molecule has 0 aliphatic rings. The molecule has 1 amide bonds. The van der Waals surface area contributed by atoms with Crippen molar-refractivity contribution in [3.8, 4) is 0 Å². The van der Waals surface area contributed by atoms with Gasteiger partial charge in [-0.25, -0.2) is 22.4 Å². The van der Waals surface area contributed by atoms with Crippen LogP contribution in [0.4, 0.5) is 23.2 Å². The highest BCUT2D eigenvalue weighted by Crippen LogP contribution is 2.21. The van der Waals surface area contributed by atoms with Crippen molar-refractivity contribution in [2.45, 2.75) is 12.8 Å². The molecule has 0 unspecified atom stereocenters. The molecule has 2 aromatic rings. The van der Waals surface area contributed by atoms with Crippen LogP contribution in [0, 0.1) is 23.3 Å². The number of anilines is 1. The molecule has 0 saturated carbocycles. The molecule has 0 bridgehead atoms. The molecule has 0 heterocycles.